The summed E-state index contributed by atoms with van der Waals surface area (Å²) in [6.45, 7) is 4.19. The Bertz CT molecular complexity index is 971. The van der Waals surface area contributed by atoms with Gasteiger partial charge in [-0.25, -0.2) is 0 Å². The van der Waals surface area contributed by atoms with E-state index >= 15 is 0 Å². The van der Waals surface area contributed by atoms with Gasteiger partial charge in [0.25, 0.3) is 0 Å². The first-order valence-electron chi connectivity index (χ1n) is 9.07. The molecule has 0 radical (unpaired) electrons. The smallest absolute Gasteiger partial charge is 0.249 e. The maximum atomic E-state index is 12.5. The van der Waals surface area contributed by atoms with Crippen molar-refractivity contribution in [3.63, 3.8) is 0 Å². The first-order valence-corrected chi connectivity index (χ1v) is 9.86. The SMILES string of the molecule is Cc1cc(-c2nnc(C3CCC3)o2)c(C)n1CC(=O)Nc1ccc(Br)cc1. The molecule has 0 bridgehead atoms. The number of rotatable bonds is 5. The van der Waals surface area contributed by atoms with Gasteiger partial charge in [0, 0.05) is 27.5 Å². The number of nitrogens with zero attached hydrogens (tertiary/aromatic N) is 3. The fourth-order valence-electron chi connectivity index (χ4n) is 3.30. The molecule has 0 atom stereocenters. The molecule has 0 aliphatic heterocycles. The highest BCUT2D eigenvalue weighted by Gasteiger charge is 2.26. The van der Waals surface area contributed by atoms with E-state index in [2.05, 4.69) is 31.4 Å². The van der Waals surface area contributed by atoms with Gasteiger partial charge in [-0.05, 0) is 57.0 Å². The maximum absolute atomic E-state index is 12.5. The summed E-state index contributed by atoms with van der Waals surface area (Å²) < 4.78 is 8.84. The van der Waals surface area contributed by atoms with Crippen molar-refractivity contribution < 1.29 is 9.21 Å². The summed E-state index contributed by atoms with van der Waals surface area (Å²) in [7, 11) is 0. The number of carbonyl (C=O) groups is 1. The summed E-state index contributed by atoms with van der Waals surface area (Å²) >= 11 is 3.39. The van der Waals surface area contributed by atoms with Crippen molar-refractivity contribution in [3.8, 4) is 11.5 Å². The highest BCUT2D eigenvalue weighted by molar-refractivity contribution is 9.10. The molecule has 1 N–H and O–H groups in total. The van der Waals surface area contributed by atoms with Crippen LogP contribution < -0.4 is 5.32 Å². The highest BCUT2D eigenvalue weighted by atomic mass is 79.9. The van der Waals surface area contributed by atoms with Gasteiger partial charge in [-0.15, -0.1) is 10.2 Å². The zero-order valence-corrected chi connectivity index (χ0v) is 16.9. The van der Waals surface area contributed by atoms with Crippen LogP contribution in [0.2, 0.25) is 0 Å². The summed E-state index contributed by atoms with van der Waals surface area (Å²) in [4.78, 5) is 12.5. The quantitative estimate of drug-likeness (QED) is 0.631. The van der Waals surface area contributed by atoms with Crippen LogP contribution in [0.5, 0.6) is 0 Å². The van der Waals surface area contributed by atoms with Crippen molar-refractivity contribution in [2.45, 2.75) is 45.6 Å². The molecular weight excluding hydrogens is 408 g/mol. The number of benzene rings is 1. The van der Waals surface area contributed by atoms with E-state index in [-0.39, 0.29) is 12.5 Å². The lowest BCUT2D eigenvalue weighted by atomic mass is 9.85. The van der Waals surface area contributed by atoms with Crippen LogP contribution in [0.25, 0.3) is 11.5 Å². The summed E-state index contributed by atoms with van der Waals surface area (Å²) in [6, 6.07) is 9.52. The molecule has 4 rings (SSSR count). The summed E-state index contributed by atoms with van der Waals surface area (Å²) in [5.74, 6) is 1.59. The molecule has 3 aromatic rings. The summed E-state index contributed by atoms with van der Waals surface area (Å²) in [5.41, 5.74) is 3.59. The molecule has 1 fully saturated rings. The van der Waals surface area contributed by atoms with Gasteiger partial charge in [-0.2, -0.15) is 0 Å². The third-order valence-electron chi connectivity index (χ3n) is 5.13. The minimum atomic E-state index is -0.0774. The summed E-state index contributed by atoms with van der Waals surface area (Å²) in [5, 5.41) is 11.4. The van der Waals surface area contributed by atoms with Crippen molar-refractivity contribution in [1.29, 1.82) is 0 Å². The molecular formula is C20H21BrN4O2. The first-order chi connectivity index (χ1) is 13.0. The Morgan fingerprint density at radius 2 is 2.00 bits per heavy atom. The van der Waals surface area contributed by atoms with E-state index in [1.165, 1.54) is 6.42 Å². The fourth-order valence-corrected chi connectivity index (χ4v) is 3.57. The average Bonchev–Trinajstić information content (AvgIpc) is 3.16. The standard InChI is InChI=1S/C20H21BrN4O2/c1-12-10-17(20-24-23-19(27-20)14-4-3-5-14)13(2)25(12)11-18(26)22-16-8-6-15(21)7-9-16/h6-10,14H,3-5,11H2,1-2H3,(H,22,26). The Balaban J connectivity index is 1.51. The van der Waals surface area contributed by atoms with E-state index in [1.807, 2.05) is 48.7 Å². The molecule has 0 spiro atoms. The molecule has 1 aliphatic carbocycles. The minimum Gasteiger partial charge on any atom is -0.420 e. The number of anilines is 1. The van der Waals surface area contributed by atoms with Gasteiger partial charge < -0.3 is 14.3 Å². The van der Waals surface area contributed by atoms with Crippen LogP contribution in [-0.4, -0.2) is 20.7 Å². The van der Waals surface area contributed by atoms with E-state index in [9.17, 15) is 4.79 Å². The predicted octanol–water partition coefficient (Wildman–Crippen LogP) is 4.82. The normalized spacial score (nSPS) is 14.2. The van der Waals surface area contributed by atoms with Crippen LogP contribution in [0.15, 0.2) is 39.2 Å². The van der Waals surface area contributed by atoms with E-state index < -0.39 is 0 Å². The van der Waals surface area contributed by atoms with Crippen molar-refractivity contribution in [1.82, 2.24) is 14.8 Å². The van der Waals surface area contributed by atoms with Gasteiger partial charge in [0.15, 0.2) is 0 Å². The number of aryl methyl sites for hydroxylation is 1. The third-order valence-corrected chi connectivity index (χ3v) is 5.66. The Morgan fingerprint density at radius 3 is 2.67 bits per heavy atom. The van der Waals surface area contributed by atoms with Crippen LogP contribution in [0.3, 0.4) is 0 Å². The largest absolute Gasteiger partial charge is 0.420 e. The minimum absolute atomic E-state index is 0.0774. The number of carbonyl (C=O) groups excluding carboxylic acids is 1. The first kappa shape index (κ1) is 18.0. The zero-order chi connectivity index (χ0) is 19.0. The Hall–Kier alpha value is -2.41. The van der Waals surface area contributed by atoms with E-state index in [0.29, 0.717) is 11.8 Å². The van der Waals surface area contributed by atoms with E-state index in [0.717, 1.165) is 45.8 Å². The average molecular weight is 429 g/mol. The lowest BCUT2D eigenvalue weighted by Crippen LogP contribution is -2.20. The maximum Gasteiger partial charge on any atom is 0.249 e. The molecule has 1 aromatic carbocycles. The van der Waals surface area contributed by atoms with Crippen LogP contribution in [-0.2, 0) is 11.3 Å². The van der Waals surface area contributed by atoms with Crippen molar-refractivity contribution >= 4 is 27.5 Å². The Labute approximate surface area is 166 Å². The molecule has 2 aromatic heterocycles. The molecule has 1 aliphatic rings. The molecule has 7 heteroatoms. The number of hydrogen-bond donors (Lipinski definition) is 1. The van der Waals surface area contributed by atoms with Gasteiger partial charge >= 0.3 is 0 Å². The Kier molecular flexibility index (Phi) is 4.86. The second kappa shape index (κ2) is 7.31. The molecule has 1 amide bonds. The predicted molar refractivity (Wildman–Crippen MR) is 107 cm³/mol. The van der Waals surface area contributed by atoms with Gasteiger partial charge in [-0.1, -0.05) is 22.4 Å². The molecule has 6 nitrogen and oxygen atoms in total. The monoisotopic (exact) mass is 428 g/mol. The van der Waals surface area contributed by atoms with Crippen molar-refractivity contribution in [2.24, 2.45) is 0 Å². The second-order valence-electron chi connectivity index (χ2n) is 7.00. The molecule has 27 heavy (non-hydrogen) atoms. The van der Waals surface area contributed by atoms with Gasteiger partial charge in [0.05, 0.1) is 5.56 Å². The van der Waals surface area contributed by atoms with Gasteiger partial charge in [-0.3, -0.25) is 4.79 Å². The number of amides is 1. The van der Waals surface area contributed by atoms with Gasteiger partial charge in [0.1, 0.15) is 6.54 Å². The third kappa shape index (κ3) is 3.69. The number of hydrogen-bond acceptors (Lipinski definition) is 4. The Morgan fingerprint density at radius 1 is 1.26 bits per heavy atom. The molecule has 0 unspecified atom stereocenters. The second-order valence-corrected chi connectivity index (χ2v) is 7.91. The molecule has 1 saturated carbocycles. The van der Waals surface area contributed by atoms with Crippen LogP contribution in [0.4, 0.5) is 5.69 Å². The number of halogens is 1. The molecule has 2 heterocycles. The lowest BCUT2D eigenvalue weighted by molar-refractivity contribution is -0.116. The summed E-state index contributed by atoms with van der Waals surface area (Å²) in [6.07, 6.45) is 3.47. The van der Waals surface area contributed by atoms with Crippen LogP contribution in [0.1, 0.15) is 42.5 Å². The zero-order valence-electron chi connectivity index (χ0n) is 15.3. The highest BCUT2D eigenvalue weighted by Crippen LogP contribution is 2.37. The van der Waals surface area contributed by atoms with E-state index in [4.69, 9.17) is 4.42 Å². The van der Waals surface area contributed by atoms with Crippen LogP contribution >= 0.6 is 15.9 Å². The molecule has 0 saturated heterocycles. The fraction of sp³-hybridized carbons (Fsp3) is 0.350. The van der Waals surface area contributed by atoms with Crippen molar-refractivity contribution in [2.75, 3.05) is 5.32 Å². The number of aromatic nitrogens is 3. The molecule has 140 valence electrons. The van der Waals surface area contributed by atoms with Crippen LogP contribution in [0, 0.1) is 13.8 Å². The van der Waals surface area contributed by atoms with E-state index in [1.54, 1.807) is 0 Å². The van der Waals surface area contributed by atoms with Gasteiger partial charge in [0.2, 0.25) is 17.7 Å². The topological polar surface area (TPSA) is 73.0 Å². The number of nitrogens with one attached hydrogen (secondary N) is 1. The lowest BCUT2D eigenvalue weighted by Gasteiger charge is -2.20. The van der Waals surface area contributed by atoms with Crippen molar-refractivity contribution in [3.05, 3.63) is 52.1 Å².